The quantitative estimate of drug-likeness (QED) is 0.303. The molecule has 1 fully saturated rings. The molecule has 0 bridgehead atoms. The molecule has 0 amide bonds. The minimum absolute atomic E-state index is 0.0839. The summed E-state index contributed by atoms with van der Waals surface area (Å²) in [4.78, 5) is 2.19. The minimum Gasteiger partial charge on any atom is -0.409 e. The standard InChI is InChI=1S/C10H21N3O/c1-3-9(10(11)12-14)13(2)7-8-5-4-6-8/h8-9,14H,3-7H2,1-2H3,(H2,11,12). The molecule has 1 saturated carbocycles. The Kier molecular flexibility index (Phi) is 4.20. The average Bonchev–Trinajstić information content (AvgIpc) is 2.12. The molecule has 0 heterocycles. The summed E-state index contributed by atoms with van der Waals surface area (Å²) in [5.74, 6) is 1.15. The third-order valence-electron chi connectivity index (χ3n) is 3.15. The largest absolute Gasteiger partial charge is 0.409 e. The lowest BCUT2D eigenvalue weighted by Gasteiger charge is -2.33. The molecule has 0 aliphatic heterocycles. The Morgan fingerprint density at radius 2 is 2.29 bits per heavy atom. The van der Waals surface area contributed by atoms with Gasteiger partial charge < -0.3 is 10.9 Å². The fourth-order valence-corrected chi connectivity index (χ4v) is 2.02. The van der Waals surface area contributed by atoms with E-state index < -0.39 is 0 Å². The third kappa shape index (κ3) is 2.61. The van der Waals surface area contributed by atoms with Crippen LogP contribution >= 0.6 is 0 Å². The Hall–Kier alpha value is -0.770. The van der Waals surface area contributed by atoms with Gasteiger partial charge in [-0.2, -0.15) is 0 Å². The molecule has 1 unspecified atom stereocenters. The SMILES string of the molecule is CCC(C(N)=NO)N(C)CC1CCC1. The van der Waals surface area contributed by atoms with Gasteiger partial charge in [0.1, 0.15) is 0 Å². The fraction of sp³-hybridized carbons (Fsp3) is 0.900. The van der Waals surface area contributed by atoms with E-state index in [0.29, 0.717) is 5.84 Å². The predicted molar refractivity (Wildman–Crippen MR) is 57.5 cm³/mol. The van der Waals surface area contributed by atoms with E-state index in [0.717, 1.165) is 18.9 Å². The number of hydrogen-bond acceptors (Lipinski definition) is 3. The molecule has 0 aromatic carbocycles. The second kappa shape index (κ2) is 5.20. The molecule has 1 rings (SSSR count). The van der Waals surface area contributed by atoms with Crippen LogP contribution in [0.1, 0.15) is 32.6 Å². The summed E-state index contributed by atoms with van der Waals surface area (Å²) < 4.78 is 0. The van der Waals surface area contributed by atoms with Gasteiger partial charge in [0.15, 0.2) is 5.84 Å². The lowest BCUT2D eigenvalue weighted by atomic mass is 9.85. The van der Waals surface area contributed by atoms with Crippen molar-refractivity contribution in [2.24, 2.45) is 16.8 Å². The molecule has 4 nitrogen and oxygen atoms in total. The maximum Gasteiger partial charge on any atom is 0.156 e. The van der Waals surface area contributed by atoms with Crippen molar-refractivity contribution in [2.75, 3.05) is 13.6 Å². The molecular weight excluding hydrogens is 178 g/mol. The maximum atomic E-state index is 8.63. The van der Waals surface area contributed by atoms with Gasteiger partial charge in [-0.3, -0.25) is 4.90 Å². The molecule has 14 heavy (non-hydrogen) atoms. The van der Waals surface area contributed by atoms with Crippen molar-refractivity contribution in [2.45, 2.75) is 38.6 Å². The summed E-state index contributed by atoms with van der Waals surface area (Å²) in [7, 11) is 2.05. The smallest absolute Gasteiger partial charge is 0.156 e. The summed E-state index contributed by atoms with van der Waals surface area (Å²) in [5, 5.41) is 11.7. The van der Waals surface area contributed by atoms with Crippen molar-refractivity contribution in [3.63, 3.8) is 0 Å². The Morgan fingerprint density at radius 1 is 1.64 bits per heavy atom. The zero-order valence-corrected chi connectivity index (χ0v) is 9.11. The van der Waals surface area contributed by atoms with E-state index in [1.54, 1.807) is 0 Å². The van der Waals surface area contributed by atoms with Crippen LogP contribution in [0.2, 0.25) is 0 Å². The Labute approximate surface area is 85.8 Å². The highest BCUT2D eigenvalue weighted by Crippen LogP contribution is 2.27. The number of likely N-dealkylation sites (N-methyl/N-ethyl adjacent to an activating group) is 1. The van der Waals surface area contributed by atoms with E-state index in [2.05, 4.69) is 17.0 Å². The topological polar surface area (TPSA) is 61.9 Å². The van der Waals surface area contributed by atoms with E-state index in [1.165, 1.54) is 19.3 Å². The normalized spacial score (nSPS) is 20.9. The summed E-state index contributed by atoms with van der Waals surface area (Å²) in [6.45, 7) is 3.12. The van der Waals surface area contributed by atoms with Gasteiger partial charge in [-0.1, -0.05) is 18.5 Å². The van der Waals surface area contributed by atoms with Crippen molar-refractivity contribution >= 4 is 5.84 Å². The lowest BCUT2D eigenvalue weighted by Crippen LogP contribution is -2.45. The van der Waals surface area contributed by atoms with Gasteiger partial charge in [0.2, 0.25) is 0 Å². The van der Waals surface area contributed by atoms with Gasteiger partial charge >= 0.3 is 0 Å². The first-order valence-electron chi connectivity index (χ1n) is 5.36. The van der Waals surface area contributed by atoms with Crippen LogP contribution in [0.4, 0.5) is 0 Å². The second-order valence-corrected chi connectivity index (χ2v) is 4.19. The molecule has 0 aromatic rings. The van der Waals surface area contributed by atoms with Crippen LogP contribution in [0, 0.1) is 5.92 Å². The third-order valence-corrected chi connectivity index (χ3v) is 3.15. The average molecular weight is 199 g/mol. The first kappa shape index (κ1) is 11.3. The highest BCUT2D eigenvalue weighted by atomic mass is 16.4. The van der Waals surface area contributed by atoms with Gasteiger partial charge in [0, 0.05) is 6.54 Å². The zero-order valence-electron chi connectivity index (χ0n) is 9.11. The first-order chi connectivity index (χ1) is 6.69. The summed E-state index contributed by atoms with van der Waals surface area (Å²) >= 11 is 0. The molecule has 0 saturated heterocycles. The number of nitrogens with two attached hydrogens (primary N) is 1. The molecule has 82 valence electrons. The first-order valence-corrected chi connectivity index (χ1v) is 5.36. The molecule has 0 spiro atoms. The maximum absolute atomic E-state index is 8.63. The summed E-state index contributed by atoms with van der Waals surface area (Å²) in [6.07, 6.45) is 4.91. The number of amidine groups is 1. The molecule has 4 heteroatoms. The molecule has 3 N–H and O–H groups in total. The van der Waals surface area contributed by atoms with Crippen molar-refractivity contribution in [1.29, 1.82) is 0 Å². The fourth-order valence-electron chi connectivity index (χ4n) is 2.02. The number of oxime groups is 1. The van der Waals surface area contributed by atoms with Gasteiger partial charge in [-0.25, -0.2) is 0 Å². The van der Waals surface area contributed by atoms with Crippen LogP contribution < -0.4 is 5.73 Å². The van der Waals surface area contributed by atoms with Crippen LogP contribution in [-0.4, -0.2) is 35.6 Å². The zero-order chi connectivity index (χ0) is 10.6. The van der Waals surface area contributed by atoms with Crippen molar-refractivity contribution in [3.8, 4) is 0 Å². The lowest BCUT2D eigenvalue weighted by molar-refractivity contribution is 0.183. The van der Waals surface area contributed by atoms with Crippen LogP contribution in [-0.2, 0) is 0 Å². The Morgan fingerprint density at radius 3 is 2.64 bits per heavy atom. The van der Waals surface area contributed by atoms with Crippen LogP contribution in [0.5, 0.6) is 0 Å². The van der Waals surface area contributed by atoms with E-state index in [4.69, 9.17) is 10.9 Å². The molecule has 1 aliphatic rings. The van der Waals surface area contributed by atoms with Gasteiger partial charge in [0.25, 0.3) is 0 Å². The Bertz CT molecular complexity index is 202. The predicted octanol–water partition coefficient (Wildman–Crippen LogP) is 1.24. The number of hydrogen-bond donors (Lipinski definition) is 2. The highest BCUT2D eigenvalue weighted by molar-refractivity contribution is 5.85. The molecule has 0 aromatic heterocycles. The van der Waals surface area contributed by atoms with Gasteiger partial charge in [-0.05, 0) is 32.2 Å². The number of rotatable bonds is 5. The summed E-state index contributed by atoms with van der Waals surface area (Å²) in [5.41, 5.74) is 5.62. The van der Waals surface area contributed by atoms with E-state index in [-0.39, 0.29) is 6.04 Å². The van der Waals surface area contributed by atoms with Crippen LogP contribution in [0.3, 0.4) is 0 Å². The molecular formula is C10H21N3O. The monoisotopic (exact) mass is 199 g/mol. The minimum atomic E-state index is 0.0839. The van der Waals surface area contributed by atoms with Gasteiger partial charge in [-0.15, -0.1) is 0 Å². The summed E-state index contributed by atoms with van der Waals surface area (Å²) in [6, 6.07) is 0.0839. The molecule has 0 radical (unpaired) electrons. The van der Waals surface area contributed by atoms with Crippen LogP contribution in [0.25, 0.3) is 0 Å². The van der Waals surface area contributed by atoms with Gasteiger partial charge in [0.05, 0.1) is 6.04 Å². The second-order valence-electron chi connectivity index (χ2n) is 4.19. The van der Waals surface area contributed by atoms with E-state index in [9.17, 15) is 0 Å². The highest BCUT2D eigenvalue weighted by Gasteiger charge is 2.24. The molecule has 1 aliphatic carbocycles. The van der Waals surface area contributed by atoms with E-state index >= 15 is 0 Å². The van der Waals surface area contributed by atoms with Crippen molar-refractivity contribution in [1.82, 2.24) is 4.90 Å². The van der Waals surface area contributed by atoms with E-state index in [1.807, 2.05) is 7.05 Å². The number of nitrogens with zero attached hydrogens (tertiary/aromatic N) is 2. The van der Waals surface area contributed by atoms with Crippen molar-refractivity contribution < 1.29 is 5.21 Å². The van der Waals surface area contributed by atoms with Crippen molar-refractivity contribution in [3.05, 3.63) is 0 Å². The molecule has 1 atom stereocenters. The Balaban J connectivity index is 2.41. The van der Waals surface area contributed by atoms with Crippen LogP contribution in [0.15, 0.2) is 5.16 Å².